The van der Waals surface area contributed by atoms with E-state index < -0.39 is 56.6 Å². The van der Waals surface area contributed by atoms with Gasteiger partial charge in [0.05, 0.1) is 6.54 Å². The highest BCUT2D eigenvalue weighted by Crippen LogP contribution is 2.35. The highest BCUT2D eigenvalue weighted by atomic mass is 32.2. The molecule has 3 nitrogen and oxygen atoms in total. The molecule has 0 aromatic heterocycles. The maximum Gasteiger partial charge on any atom is 0.250 e. The van der Waals surface area contributed by atoms with Crippen LogP contribution in [-0.4, -0.2) is 25.3 Å². The van der Waals surface area contributed by atoms with E-state index in [9.17, 15) is 30.4 Å². The lowest BCUT2D eigenvalue weighted by Gasteiger charge is -2.20. The van der Waals surface area contributed by atoms with Crippen LogP contribution in [0.3, 0.4) is 0 Å². The lowest BCUT2D eigenvalue weighted by Crippen LogP contribution is -2.35. The number of hydrogen-bond acceptors (Lipinski definition) is 2. The largest absolute Gasteiger partial charge is 0.250 e. The van der Waals surface area contributed by atoms with Crippen molar-refractivity contribution in [3.05, 3.63) is 65.0 Å². The van der Waals surface area contributed by atoms with E-state index >= 15 is 0 Å². The van der Waals surface area contributed by atoms with Gasteiger partial charge in [-0.1, -0.05) is 30.0 Å². The summed E-state index contributed by atoms with van der Waals surface area (Å²) in [5.74, 6) is -6.53. The Kier molecular flexibility index (Phi) is 5.22. The monoisotopic (exact) mass is 401 g/mol. The van der Waals surface area contributed by atoms with E-state index in [1.165, 1.54) is 0 Å². The minimum Gasteiger partial charge on any atom is -0.207 e. The molecule has 0 saturated heterocycles. The van der Waals surface area contributed by atoms with Gasteiger partial charge in [-0.15, -0.1) is 0 Å². The first-order chi connectivity index (χ1) is 12.7. The van der Waals surface area contributed by atoms with E-state index in [-0.39, 0.29) is 0 Å². The highest BCUT2D eigenvalue weighted by Gasteiger charge is 2.42. The van der Waals surface area contributed by atoms with Crippen molar-refractivity contribution in [1.82, 2.24) is 4.31 Å². The minimum absolute atomic E-state index is 0.404. The molecule has 1 aliphatic carbocycles. The fourth-order valence-electron chi connectivity index (χ4n) is 2.44. The summed E-state index contributed by atoms with van der Waals surface area (Å²) in [6.45, 7) is -0.443. The van der Waals surface area contributed by atoms with Gasteiger partial charge in [-0.25, -0.2) is 30.4 Å². The Labute approximate surface area is 152 Å². The molecule has 0 heterocycles. The van der Waals surface area contributed by atoms with Crippen LogP contribution >= 0.6 is 0 Å². The summed E-state index contributed by atoms with van der Waals surface area (Å²) in [7, 11) is -4.98. The number of sulfonamides is 1. The van der Waals surface area contributed by atoms with Crippen molar-refractivity contribution in [2.45, 2.75) is 23.8 Å². The fourth-order valence-corrected chi connectivity index (χ4v) is 4.15. The number of nitrogens with zero attached hydrogens (tertiary/aromatic N) is 1. The second kappa shape index (κ2) is 7.29. The van der Waals surface area contributed by atoms with Crippen molar-refractivity contribution in [2.75, 3.05) is 6.54 Å². The smallest absolute Gasteiger partial charge is 0.207 e. The molecule has 2 aromatic carbocycles. The molecule has 0 bridgehead atoms. The Morgan fingerprint density at radius 2 is 1.41 bits per heavy atom. The van der Waals surface area contributed by atoms with Crippen LogP contribution in [0.5, 0.6) is 0 Å². The van der Waals surface area contributed by atoms with Gasteiger partial charge in [0.2, 0.25) is 15.8 Å². The first kappa shape index (κ1) is 19.3. The van der Waals surface area contributed by atoms with Gasteiger partial charge in [-0.3, -0.25) is 0 Å². The van der Waals surface area contributed by atoms with Crippen LogP contribution in [0.4, 0.5) is 22.0 Å². The lowest BCUT2D eigenvalue weighted by molar-refractivity contribution is 0.351. The Hall–Kier alpha value is -2.44. The third-order valence-corrected chi connectivity index (χ3v) is 5.85. The molecular formula is C18H12F5NO2S. The van der Waals surface area contributed by atoms with Crippen LogP contribution in [0.25, 0.3) is 0 Å². The highest BCUT2D eigenvalue weighted by molar-refractivity contribution is 7.89. The Balaban J connectivity index is 2.01. The van der Waals surface area contributed by atoms with E-state index in [4.69, 9.17) is 0 Å². The van der Waals surface area contributed by atoms with E-state index in [0.29, 0.717) is 22.7 Å². The van der Waals surface area contributed by atoms with Crippen LogP contribution in [0.1, 0.15) is 18.4 Å². The summed E-state index contributed by atoms with van der Waals surface area (Å²) in [6, 6.07) is 7.94. The molecule has 0 aliphatic heterocycles. The third kappa shape index (κ3) is 3.68. The van der Waals surface area contributed by atoms with Crippen LogP contribution in [0.15, 0.2) is 35.2 Å². The molecule has 1 aliphatic rings. The average Bonchev–Trinajstić information content (AvgIpc) is 3.47. The molecule has 0 amide bonds. The van der Waals surface area contributed by atoms with Crippen molar-refractivity contribution in [3.8, 4) is 11.8 Å². The summed E-state index contributed by atoms with van der Waals surface area (Å²) in [5.41, 5.74) is 0.585. The van der Waals surface area contributed by atoms with Crippen molar-refractivity contribution >= 4 is 10.0 Å². The van der Waals surface area contributed by atoms with E-state index in [1.54, 1.807) is 30.3 Å². The Bertz CT molecular complexity index is 1010. The number of benzene rings is 2. The Morgan fingerprint density at radius 3 is 1.93 bits per heavy atom. The van der Waals surface area contributed by atoms with Gasteiger partial charge in [0, 0.05) is 11.6 Å². The normalized spacial score (nSPS) is 14.1. The van der Waals surface area contributed by atoms with Crippen LogP contribution in [-0.2, 0) is 10.0 Å². The van der Waals surface area contributed by atoms with Crippen LogP contribution in [0, 0.1) is 40.9 Å². The molecule has 0 atom stereocenters. The van der Waals surface area contributed by atoms with Gasteiger partial charge >= 0.3 is 0 Å². The molecule has 142 valence electrons. The Morgan fingerprint density at radius 1 is 0.889 bits per heavy atom. The summed E-state index contributed by atoms with van der Waals surface area (Å²) in [6.07, 6.45) is 0.809. The standard InChI is InChI=1S/C18H12F5NO2S/c19-13-14(20)16(22)18(17(23)15(13)21)27(25,26)24(12-8-9-12)10-4-7-11-5-2-1-3-6-11/h1-3,5-6,12H,8-10H2. The maximum absolute atomic E-state index is 14.0. The first-order valence-electron chi connectivity index (χ1n) is 7.82. The molecule has 0 radical (unpaired) electrons. The van der Waals surface area contributed by atoms with Crippen molar-refractivity contribution < 1.29 is 30.4 Å². The molecule has 3 rings (SSSR count). The maximum atomic E-state index is 14.0. The molecule has 0 spiro atoms. The summed E-state index contributed by atoms with van der Waals surface area (Å²) >= 11 is 0. The SMILES string of the molecule is O=S(=O)(c1c(F)c(F)c(F)c(F)c1F)N(CC#Cc1ccccc1)C1CC1. The van der Waals surface area contributed by atoms with Gasteiger partial charge in [0.25, 0.3) is 0 Å². The molecule has 9 heteroatoms. The molecule has 1 fully saturated rings. The zero-order chi connectivity index (χ0) is 19.8. The van der Waals surface area contributed by atoms with Crippen LogP contribution < -0.4 is 0 Å². The molecule has 0 unspecified atom stereocenters. The second-order valence-corrected chi connectivity index (χ2v) is 7.68. The zero-order valence-electron chi connectivity index (χ0n) is 13.6. The van der Waals surface area contributed by atoms with Gasteiger partial charge < -0.3 is 0 Å². The van der Waals surface area contributed by atoms with E-state index in [2.05, 4.69) is 11.8 Å². The first-order valence-corrected chi connectivity index (χ1v) is 9.26. The molecule has 2 aromatic rings. The number of hydrogen-bond donors (Lipinski definition) is 0. The predicted octanol–water partition coefficient (Wildman–Crippen LogP) is 3.59. The van der Waals surface area contributed by atoms with Gasteiger partial charge in [0.15, 0.2) is 28.2 Å². The molecule has 0 N–H and O–H groups in total. The van der Waals surface area contributed by atoms with E-state index in [1.807, 2.05) is 0 Å². The average molecular weight is 401 g/mol. The topological polar surface area (TPSA) is 37.4 Å². The van der Waals surface area contributed by atoms with Crippen molar-refractivity contribution in [3.63, 3.8) is 0 Å². The zero-order valence-corrected chi connectivity index (χ0v) is 14.5. The van der Waals surface area contributed by atoms with E-state index in [0.717, 1.165) is 0 Å². The molecular weight excluding hydrogens is 389 g/mol. The summed E-state index contributed by atoms with van der Waals surface area (Å²) in [5, 5.41) is 0. The van der Waals surface area contributed by atoms with Gasteiger partial charge in [0.1, 0.15) is 0 Å². The molecule has 1 saturated carbocycles. The lowest BCUT2D eigenvalue weighted by atomic mass is 10.2. The summed E-state index contributed by atoms with van der Waals surface area (Å²) < 4.78 is 93.9. The predicted molar refractivity (Wildman–Crippen MR) is 86.5 cm³/mol. The second-order valence-electron chi connectivity index (χ2n) is 5.85. The van der Waals surface area contributed by atoms with Gasteiger partial charge in [-0.05, 0) is 25.0 Å². The van der Waals surface area contributed by atoms with Crippen molar-refractivity contribution in [1.29, 1.82) is 0 Å². The van der Waals surface area contributed by atoms with Crippen molar-refractivity contribution in [2.24, 2.45) is 0 Å². The van der Waals surface area contributed by atoms with Crippen LogP contribution in [0.2, 0.25) is 0 Å². The number of halogens is 5. The fraction of sp³-hybridized carbons (Fsp3) is 0.222. The minimum atomic E-state index is -4.98. The van der Waals surface area contributed by atoms with Gasteiger partial charge in [-0.2, -0.15) is 4.31 Å². The molecule has 27 heavy (non-hydrogen) atoms. The summed E-state index contributed by atoms with van der Waals surface area (Å²) in [4.78, 5) is -1.85. The third-order valence-electron chi connectivity index (χ3n) is 3.93. The quantitative estimate of drug-likeness (QED) is 0.340. The number of rotatable bonds is 4.